The topological polar surface area (TPSA) is 52.4 Å². The van der Waals surface area contributed by atoms with E-state index in [1.807, 2.05) is 23.5 Å². The van der Waals surface area contributed by atoms with Gasteiger partial charge < -0.3 is 32.9 Å². The average Bonchev–Trinajstić information content (AvgIpc) is 1.35. The van der Waals surface area contributed by atoms with Crippen molar-refractivity contribution >= 4 is 219 Å². The molecule has 7 nitrogen and oxygen atoms in total. The number of rotatable bonds is 12. The van der Waals surface area contributed by atoms with Crippen LogP contribution in [0.5, 0.6) is 0 Å². The summed E-state index contributed by atoms with van der Waals surface area (Å²) < 4.78 is 22.6. The molecule has 0 atom stereocenters. The SMILES string of the molecule is c1ccc(N(c2ccc3sc4ccccc4c3c2)c2cc3ccccc3c3cc4c(cc23)oc2cccc(N(c3ccccc3)c3ccccc3)c24)cc1.c1ccc(N(c2ccccc2)c2ccc3c(c2)oc2cc4c(cc23)c(N(c2ccc3oc5ccccc5c3c2)c2cccc3ccccc23)cc2ccccc24)cc1. The maximum Gasteiger partial charge on any atom is 0.137 e. The molecule has 4 heterocycles. The molecule has 0 unspecified atom stereocenters. The van der Waals surface area contributed by atoms with Crippen molar-refractivity contribution in [1.29, 1.82) is 0 Å². The van der Waals surface area contributed by atoms with Crippen molar-refractivity contribution in [2.24, 2.45) is 0 Å². The Hall–Kier alpha value is -14.7. The Labute approximate surface area is 648 Å². The summed E-state index contributed by atoms with van der Waals surface area (Å²) in [5.74, 6) is 0. The Morgan fingerprint density at radius 3 is 1.23 bits per heavy atom. The molecule has 0 radical (unpaired) electrons. The Morgan fingerprint density at radius 2 is 0.554 bits per heavy atom. The van der Waals surface area contributed by atoms with Crippen LogP contribution < -0.4 is 19.6 Å². The summed E-state index contributed by atoms with van der Waals surface area (Å²) in [6.07, 6.45) is 0. The highest BCUT2D eigenvalue weighted by molar-refractivity contribution is 7.25. The van der Waals surface area contributed by atoms with E-state index in [0.717, 1.165) is 156 Å². The van der Waals surface area contributed by atoms with Gasteiger partial charge in [0.15, 0.2) is 0 Å². The number of anilines is 12. The first-order valence-corrected chi connectivity index (χ1v) is 38.7. The molecule has 0 aliphatic rings. The molecule has 0 bridgehead atoms. The Bertz CT molecular complexity index is 7520. The summed E-state index contributed by atoms with van der Waals surface area (Å²) in [6, 6.07) is 143. The second-order valence-corrected chi connectivity index (χ2v) is 29.7. The lowest BCUT2D eigenvalue weighted by Gasteiger charge is -2.29. The standard InChI is InChI=1S/C54H34N2O2.C50H32N2OS/c1-3-17-37(18-4-1)55(38-19-5-2-6-20-38)40-26-28-44-48-33-46-45(34-54(48)58-53(44)32-40)41-21-9-8-15-36(41)30-50(46)56(49-24-13-16-35-14-7-10-22-42(35)49)39-27-29-52-47(31-39)43-23-11-12-25-51(43)57-52;1-4-16-34(17-5-1)51(35-18-6-2-7-19-35)44-24-14-25-46-50(44)43-31-40-38-22-11-10-15-33(38)29-45(41(40)32-47(43)53-46)52(36-20-8-3-9-21-36)37-27-28-49-42(30-37)39-23-12-13-26-48(39)54-49/h1-34H;1-32H. The number of benzene rings is 19. The molecule has 0 aliphatic heterocycles. The first-order valence-electron chi connectivity index (χ1n) is 37.9. The van der Waals surface area contributed by atoms with E-state index in [4.69, 9.17) is 13.3 Å². The van der Waals surface area contributed by atoms with Crippen molar-refractivity contribution in [3.05, 3.63) is 400 Å². The first-order chi connectivity index (χ1) is 55.5. The molecule has 0 saturated carbocycles. The van der Waals surface area contributed by atoms with Gasteiger partial charge in [0.2, 0.25) is 0 Å². The molecule has 23 rings (SSSR count). The van der Waals surface area contributed by atoms with Gasteiger partial charge in [-0.3, -0.25) is 0 Å². The van der Waals surface area contributed by atoms with Gasteiger partial charge in [0.25, 0.3) is 0 Å². The van der Waals surface area contributed by atoms with Crippen molar-refractivity contribution in [3.63, 3.8) is 0 Å². The van der Waals surface area contributed by atoms with Crippen LogP contribution >= 0.6 is 11.3 Å². The second-order valence-electron chi connectivity index (χ2n) is 28.6. The number of furan rings is 3. The van der Waals surface area contributed by atoms with Crippen LogP contribution in [-0.2, 0) is 0 Å². The van der Waals surface area contributed by atoms with Crippen LogP contribution in [0.3, 0.4) is 0 Å². The zero-order valence-corrected chi connectivity index (χ0v) is 61.3. The fourth-order valence-electron chi connectivity index (χ4n) is 17.1. The highest BCUT2D eigenvalue weighted by atomic mass is 32.1. The fourth-order valence-corrected chi connectivity index (χ4v) is 18.2. The van der Waals surface area contributed by atoms with E-state index in [2.05, 4.69) is 408 Å². The van der Waals surface area contributed by atoms with E-state index >= 15 is 0 Å². The summed E-state index contributed by atoms with van der Waals surface area (Å²) in [5.41, 5.74) is 18.2. The number of hydrogen-bond donors (Lipinski definition) is 0. The van der Waals surface area contributed by atoms with Gasteiger partial charge in [-0.05, 0) is 214 Å². The van der Waals surface area contributed by atoms with E-state index < -0.39 is 0 Å². The quantitative estimate of drug-likeness (QED) is 0.113. The minimum Gasteiger partial charge on any atom is -0.456 e. The first kappa shape index (κ1) is 64.5. The van der Waals surface area contributed by atoms with Gasteiger partial charge in [-0.2, -0.15) is 0 Å². The van der Waals surface area contributed by atoms with Crippen LogP contribution in [0.1, 0.15) is 0 Å². The normalized spacial score (nSPS) is 11.8. The Morgan fingerprint density at radius 1 is 0.161 bits per heavy atom. The minimum atomic E-state index is 0.841. The molecule has 23 aromatic rings. The molecule has 112 heavy (non-hydrogen) atoms. The highest BCUT2D eigenvalue weighted by Crippen LogP contribution is 2.52. The van der Waals surface area contributed by atoms with E-state index in [0.29, 0.717) is 0 Å². The van der Waals surface area contributed by atoms with Crippen molar-refractivity contribution in [3.8, 4) is 0 Å². The molecule has 0 saturated heterocycles. The van der Waals surface area contributed by atoms with Crippen molar-refractivity contribution < 1.29 is 13.3 Å². The summed E-state index contributed by atoms with van der Waals surface area (Å²) in [6.45, 7) is 0. The lowest BCUT2D eigenvalue weighted by atomic mass is 9.96. The molecular formula is C104H66N4O3S. The number of nitrogens with zero attached hydrogens (tertiary/aromatic N) is 4. The van der Waals surface area contributed by atoms with Gasteiger partial charge in [0, 0.05) is 115 Å². The van der Waals surface area contributed by atoms with Crippen LogP contribution in [-0.4, -0.2) is 0 Å². The fraction of sp³-hybridized carbons (Fsp3) is 0. The van der Waals surface area contributed by atoms with Gasteiger partial charge in [-0.1, -0.05) is 218 Å². The van der Waals surface area contributed by atoms with E-state index in [-0.39, 0.29) is 0 Å². The minimum absolute atomic E-state index is 0.841. The number of thiophene rings is 1. The maximum atomic E-state index is 6.83. The summed E-state index contributed by atoms with van der Waals surface area (Å²) >= 11 is 1.85. The summed E-state index contributed by atoms with van der Waals surface area (Å²) in [7, 11) is 0. The summed E-state index contributed by atoms with van der Waals surface area (Å²) in [4.78, 5) is 9.45. The zero-order chi connectivity index (χ0) is 73.7. The van der Waals surface area contributed by atoms with Crippen LogP contribution in [0.25, 0.3) is 140 Å². The molecular weight excluding hydrogens is 1390 g/mol. The predicted molar refractivity (Wildman–Crippen MR) is 474 cm³/mol. The molecule has 0 amide bonds. The third-order valence-electron chi connectivity index (χ3n) is 22.1. The van der Waals surface area contributed by atoms with E-state index in [1.54, 1.807) is 0 Å². The van der Waals surface area contributed by atoms with Gasteiger partial charge in [-0.25, -0.2) is 0 Å². The van der Waals surface area contributed by atoms with Gasteiger partial charge in [0.05, 0.1) is 28.1 Å². The Balaban J connectivity index is 0.000000138. The molecule has 19 aromatic carbocycles. The highest BCUT2D eigenvalue weighted by Gasteiger charge is 2.27. The molecule has 4 aromatic heterocycles. The van der Waals surface area contributed by atoms with Crippen LogP contribution in [0.4, 0.5) is 68.2 Å². The Kier molecular flexibility index (Phi) is 15.3. The van der Waals surface area contributed by atoms with E-state index in [9.17, 15) is 0 Å². The number of fused-ring (bicyclic) bond motifs is 19. The number of hydrogen-bond acceptors (Lipinski definition) is 8. The molecule has 0 aliphatic carbocycles. The lowest BCUT2D eigenvalue weighted by molar-refractivity contribution is 0.668. The zero-order valence-electron chi connectivity index (χ0n) is 60.5. The second kappa shape index (κ2) is 26.6. The monoisotopic (exact) mass is 1450 g/mol. The largest absolute Gasteiger partial charge is 0.456 e. The molecule has 8 heteroatoms. The average molecular weight is 1450 g/mol. The summed E-state index contributed by atoms with van der Waals surface area (Å²) in [5, 5.41) is 20.7. The maximum absolute atomic E-state index is 6.83. The van der Waals surface area contributed by atoms with Crippen molar-refractivity contribution in [2.75, 3.05) is 19.6 Å². The van der Waals surface area contributed by atoms with Gasteiger partial charge >= 0.3 is 0 Å². The third kappa shape index (κ3) is 10.9. The van der Waals surface area contributed by atoms with Crippen molar-refractivity contribution in [1.82, 2.24) is 0 Å². The number of para-hydroxylation sites is 6. The van der Waals surface area contributed by atoms with Crippen LogP contribution in [0.15, 0.2) is 414 Å². The third-order valence-corrected chi connectivity index (χ3v) is 23.3. The smallest absolute Gasteiger partial charge is 0.137 e. The molecule has 0 spiro atoms. The van der Waals surface area contributed by atoms with Gasteiger partial charge in [0.1, 0.15) is 33.5 Å². The van der Waals surface area contributed by atoms with E-state index in [1.165, 1.54) is 52.5 Å². The van der Waals surface area contributed by atoms with Crippen LogP contribution in [0.2, 0.25) is 0 Å². The molecule has 0 fully saturated rings. The molecule has 526 valence electrons. The van der Waals surface area contributed by atoms with Gasteiger partial charge in [-0.15, -0.1) is 11.3 Å². The lowest BCUT2D eigenvalue weighted by Crippen LogP contribution is -2.11. The predicted octanol–water partition coefficient (Wildman–Crippen LogP) is 31.1. The van der Waals surface area contributed by atoms with Crippen LogP contribution in [0, 0.1) is 0 Å². The molecule has 0 N–H and O–H groups in total. The van der Waals surface area contributed by atoms with Crippen molar-refractivity contribution in [2.45, 2.75) is 0 Å².